The summed E-state index contributed by atoms with van der Waals surface area (Å²) < 4.78 is 25.7. The molecule has 0 saturated carbocycles. The number of carbonyl (C=O) groups excluding carboxylic acids is 2. The predicted molar refractivity (Wildman–Crippen MR) is 128 cm³/mol. The summed E-state index contributed by atoms with van der Waals surface area (Å²) in [6, 6.07) is 13.0. The summed E-state index contributed by atoms with van der Waals surface area (Å²) in [6.45, 7) is 1.80. The number of para-hydroxylation sites is 1. The monoisotopic (exact) mass is 499 g/mol. The number of hydrogen-bond acceptors (Lipinski definition) is 4. The molecule has 2 amide bonds. The molecule has 0 bridgehead atoms. The Morgan fingerprint density at radius 1 is 1.03 bits per heavy atom. The van der Waals surface area contributed by atoms with Crippen LogP contribution in [0.2, 0.25) is 10.0 Å². The Hall–Kier alpha value is -2.29. The van der Waals surface area contributed by atoms with Crippen LogP contribution in [-0.4, -0.2) is 51.0 Å². The lowest BCUT2D eigenvalue weighted by Gasteiger charge is -2.29. The van der Waals surface area contributed by atoms with Crippen molar-refractivity contribution in [2.75, 3.05) is 24.2 Å². The summed E-state index contributed by atoms with van der Waals surface area (Å²) in [5.41, 5.74) is 1.07. The smallest absolute Gasteiger partial charge is 0.242 e. The van der Waals surface area contributed by atoms with Crippen molar-refractivity contribution in [2.24, 2.45) is 0 Å². The van der Waals surface area contributed by atoms with Crippen LogP contribution in [0.1, 0.15) is 25.3 Å². The molecule has 2 aromatic carbocycles. The minimum atomic E-state index is -3.52. The Labute approximate surface area is 199 Å². The van der Waals surface area contributed by atoms with Gasteiger partial charge in [0.15, 0.2) is 0 Å². The summed E-state index contributed by atoms with van der Waals surface area (Å²) in [5, 5.41) is 3.33. The molecule has 0 aliphatic carbocycles. The number of likely N-dealkylation sites (N-methyl/N-ethyl adjacent to an activating group) is 1. The molecule has 2 aromatic rings. The van der Waals surface area contributed by atoms with Gasteiger partial charge in [0.2, 0.25) is 21.8 Å². The lowest BCUT2D eigenvalue weighted by atomic mass is 10.1. The summed E-state index contributed by atoms with van der Waals surface area (Å²) in [4.78, 5) is 26.8. The van der Waals surface area contributed by atoms with Crippen molar-refractivity contribution in [3.05, 3.63) is 64.1 Å². The Kier molecular flexibility index (Phi) is 9.36. The second-order valence-electron chi connectivity index (χ2n) is 7.29. The van der Waals surface area contributed by atoms with Gasteiger partial charge in [0, 0.05) is 42.2 Å². The van der Waals surface area contributed by atoms with Crippen LogP contribution in [0.15, 0.2) is 48.5 Å². The zero-order valence-corrected chi connectivity index (χ0v) is 20.5. The van der Waals surface area contributed by atoms with Crippen molar-refractivity contribution >= 4 is 50.7 Å². The molecule has 7 nitrogen and oxygen atoms in total. The molecule has 174 valence electrons. The largest absolute Gasteiger partial charge is 0.357 e. The maximum Gasteiger partial charge on any atom is 0.242 e. The van der Waals surface area contributed by atoms with Crippen molar-refractivity contribution in [3.8, 4) is 0 Å². The Morgan fingerprint density at radius 3 is 2.16 bits per heavy atom. The average molecular weight is 500 g/mol. The number of sulfonamides is 1. The molecule has 10 heteroatoms. The van der Waals surface area contributed by atoms with E-state index in [2.05, 4.69) is 5.32 Å². The van der Waals surface area contributed by atoms with Gasteiger partial charge in [-0.2, -0.15) is 0 Å². The molecule has 0 aliphatic heterocycles. The van der Waals surface area contributed by atoms with Gasteiger partial charge in [0.25, 0.3) is 0 Å². The van der Waals surface area contributed by atoms with Crippen LogP contribution in [-0.2, 0) is 26.2 Å². The fourth-order valence-electron chi connectivity index (χ4n) is 3.24. The van der Waals surface area contributed by atoms with Gasteiger partial charge in [-0.15, -0.1) is 0 Å². The molecule has 0 radical (unpaired) electrons. The highest BCUT2D eigenvalue weighted by Crippen LogP contribution is 2.27. The van der Waals surface area contributed by atoms with E-state index >= 15 is 0 Å². The van der Waals surface area contributed by atoms with Crippen LogP contribution < -0.4 is 9.62 Å². The highest BCUT2D eigenvalue weighted by molar-refractivity contribution is 7.92. The first kappa shape index (κ1) is 26.0. The molecule has 0 aliphatic rings. The quantitative estimate of drug-likeness (QED) is 0.539. The zero-order chi connectivity index (χ0) is 23.9. The van der Waals surface area contributed by atoms with Crippen LogP contribution in [0.3, 0.4) is 0 Å². The highest BCUT2D eigenvalue weighted by Gasteiger charge is 2.27. The fourth-order valence-corrected chi connectivity index (χ4v) is 4.73. The topological polar surface area (TPSA) is 86.8 Å². The van der Waals surface area contributed by atoms with Gasteiger partial charge < -0.3 is 10.2 Å². The van der Waals surface area contributed by atoms with E-state index in [0.29, 0.717) is 21.3 Å². The molecule has 0 spiro atoms. The Morgan fingerprint density at radius 2 is 1.62 bits per heavy atom. The van der Waals surface area contributed by atoms with Crippen LogP contribution in [0.5, 0.6) is 0 Å². The molecule has 0 aromatic heterocycles. The number of benzene rings is 2. The van der Waals surface area contributed by atoms with Crippen molar-refractivity contribution < 1.29 is 18.0 Å². The van der Waals surface area contributed by atoms with Crippen LogP contribution in [0.4, 0.5) is 5.69 Å². The minimum Gasteiger partial charge on any atom is -0.357 e. The molecule has 0 unspecified atom stereocenters. The third-order valence-corrected chi connectivity index (χ3v) is 6.90. The average Bonchev–Trinajstić information content (AvgIpc) is 2.75. The molecule has 1 atom stereocenters. The van der Waals surface area contributed by atoms with E-state index in [1.807, 2.05) is 0 Å². The number of amides is 2. The van der Waals surface area contributed by atoms with Gasteiger partial charge in [0.05, 0.1) is 11.9 Å². The lowest BCUT2D eigenvalue weighted by molar-refractivity contribution is -0.140. The number of nitrogens with one attached hydrogen (secondary N) is 1. The summed E-state index contributed by atoms with van der Waals surface area (Å²) in [6.07, 6.45) is 1.44. The molecule has 1 N–H and O–H groups in total. The number of halogens is 2. The summed E-state index contributed by atoms with van der Waals surface area (Å²) in [5.74, 6) is -0.637. The third-order valence-electron chi connectivity index (χ3n) is 5.00. The molecule has 0 fully saturated rings. The van der Waals surface area contributed by atoms with E-state index in [-0.39, 0.29) is 37.7 Å². The van der Waals surface area contributed by atoms with Crippen LogP contribution in [0.25, 0.3) is 0 Å². The second kappa shape index (κ2) is 11.5. The van der Waals surface area contributed by atoms with E-state index in [4.69, 9.17) is 23.2 Å². The van der Waals surface area contributed by atoms with Gasteiger partial charge in [-0.05, 0) is 37.6 Å². The normalized spacial score (nSPS) is 12.2. The van der Waals surface area contributed by atoms with E-state index in [1.54, 1.807) is 55.5 Å². The molecule has 0 saturated heterocycles. The van der Waals surface area contributed by atoms with Crippen molar-refractivity contribution in [1.29, 1.82) is 0 Å². The second-order valence-corrected chi connectivity index (χ2v) is 10.0. The van der Waals surface area contributed by atoms with Gasteiger partial charge in [-0.25, -0.2) is 8.42 Å². The standard InChI is InChI=1S/C22H27Cl2N3O4S/c1-16(22(29)25-2)26(15-18-19(23)11-7-12-20(18)24)21(28)13-8-14-27(32(3,30)31)17-9-5-4-6-10-17/h4-7,9-12,16H,8,13-15H2,1-3H3,(H,25,29)/t16-/m0/s1. The third kappa shape index (κ3) is 6.85. The number of nitrogens with zero attached hydrogens (tertiary/aromatic N) is 2. The van der Waals surface area contributed by atoms with Gasteiger partial charge in [0.1, 0.15) is 6.04 Å². The predicted octanol–water partition coefficient (Wildman–Crippen LogP) is 3.70. The Bertz CT molecular complexity index is 1030. The molecule has 0 heterocycles. The SMILES string of the molecule is CNC(=O)[C@H](C)N(Cc1c(Cl)cccc1Cl)C(=O)CCCN(c1ccccc1)S(C)(=O)=O. The molecular weight excluding hydrogens is 473 g/mol. The number of rotatable bonds is 10. The molecular formula is C22H27Cl2N3O4S. The molecule has 2 rings (SSSR count). The summed E-state index contributed by atoms with van der Waals surface area (Å²) >= 11 is 12.5. The molecule has 32 heavy (non-hydrogen) atoms. The van der Waals surface area contributed by atoms with Gasteiger partial charge >= 0.3 is 0 Å². The first-order chi connectivity index (χ1) is 15.1. The number of carbonyl (C=O) groups is 2. The Balaban J connectivity index is 2.18. The van der Waals surface area contributed by atoms with E-state index in [9.17, 15) is 18.0 Å². The maximum absolute atomic E-state index is 13.1. The maximum atomic E-state index is 13.1. The first-order valence-electron chi connectivity index (χ1n) is 10.0. The van der Waals surface area contributed by atoms with Crippen molar-refractivity contribution in [3.63, 3.8) is 0 Å². The van der Waals surface area contributed by atoms with Crippen molar-refractivity contribution in [2.45, 2.75) is 32.4 Å². The van der Waals surface area contributed by atoms with Crippen LogP contribution in [0, 0.1) is 0 Å². The van der Waals surface area contributed by atoms with Crippen molar-refractivity contribution in [1.82, 2.24) is 10.2 Å². The minimum absolute atomic E-state index is 0.0439. The highest BCUT2D eigenvalue weighted by atomic mass is 35.5. The summed E-state index contributed by atoms with van der Waals surface area (Å²) in [7, 11) is -2.03. The van der Waals surface area contributed by atoms with Crippen LogP contribution >= 0.6 is 23.2 Å². The van der Waals surface area contributed by atoms with E-state index in [0.717, 1.165) is 6.26 Å². The van der Waals surface area contributed by atoms with E-state index in [1.165, 1.54) is 16.3 Å². The van der Waals surface area contributed by atoms with Gasteiger partial charge in [-0.1, -0.05) is 47.5 Å². The zero-order valence-electron chi connectivity index (χ0n) is 18.2. The lowest BCUT2D eigenvalue weighted by Crippen LogP contribution is -2.47. The fraction of sp³-hybridized carbons (Fsp3) is 0.364. The van der Waals surface area contributed by atoms with E-state index < -0.39 is 16.1 Å². The first-order valence-corrected chi connectivity index (χ1v) is 12.6. The number of anilines is 1. The number of hydrogen-bond donors (Lipinski definition) is 1. The van der Waals surface area contributed by atoms with Gasteiger partial charge in [-0.3, -0.25) is 13.9 Å².